The first kappa shape index (κ1) is 18.0. The fourth-order valence-electron chi connectivity index (χ4n) is 4.01. The van der Waals surface area contributed by atoms with E-state index in [0.29, 0.717) is 6.42 Å². The lowest BCUT2D eigenvalue weighted by molar-refractivity contribution is 0.0365. The van der Waals surface area contributed by atoms with Gasteiger partial charge in [-0.15, -0.1) is 0 Å². The number of Topliss-reactive ketones (excluding diaryl/α,β-unsaturated/α-hetero) is 1. The van der Waals surface area contributed by atoms with Crippen molar-refractivity contribution in [3.8, 4) is 0 Å². The Morgan fingerprint density at radius 1 is 0.963 bits per heavy atom. The van der Waals surface area contributed by atoms with Gasteiger partial charge in [0.25, 0.3) is 0 Å². The molecular weight excluding hydrogens is 336 g/mol. The Morgan fingerprint density at radius 2 is 1.67 bits per heavy atom. The topological polar surface area (TPSA) is 34.5 Å². The van der Waals surface area contributed by atoms with E-state index in [-0.39, 0.29) is 5.78 Å². The predicted octanol–water partition coefficient (Wildman–Crippen LogP) is 3.71. The molecule has 0 atom stereocenters. The quantitative estimate of drug-likeness (QED) is 0.627. The third kappa shape index (κ3) is 3.82. The second kappa shape index (κ2) is 8.07. The van der Waals surface area contributed by atoms with Crippen LogP contribution in [0.4, 0.5) is 0 Å². The summed E-state index contributed by atoms with van der Waals surface area (Å²) in [5.41, 5.74) is 4.16. The summed E-state index contributed by atoms with van der Waals surface area (Å²) in [4.78, 5) is 15.6. The van der Waals surface area contributed by atoms with E-state index in [1.807, 2.05) is 36.4 Å². The fraction of sp³-hybridized carbons (Fsp3) is 0.348. The van der Waals surface area contributed by atoms with E-state index < -0.39 is 0 Å². The van der Waals surface area contributed by atoms with Gasteiger partial charge in [0.2, 0.25) is 0 Å². The molecular formula is C23H26N2O2. The van der Waals surface area contributed by atoms with Crippen LogP contribution in [0.3, 0.4) is 0 Å². The minimum Gasteiger partial charge on any atom is -0.379 e. The Bertz CT molecular complexity index is 924. The summed E-state index contributed by atoms with van der Waals surface area (Å²) in [7, 11) is 0. The van der Waals surface area contributed by atoms with Crippen molar-refractivity contribution in [2.75, 3.05) is 32.8 Å². The Kier molecular flexibility index (Phi) is 5.37. The molecule has 0 amide bonds. The van der Waals surface area contributed by atoms with E-state index >= 15 is 0 Å². The highest BCUT2D eigenvalue weighted by atomic mass is 16.5. The first-order valence-corrected chi connectivity index (χ1v) is 9.69. The highest BCUT2D eigenvalue weighted by Gasteiger charge is 2.20. The maximum atomic E-state index is 13.1. The van der Waals surface area contributed by atoms with Crippen LogP contribution in [-0.2, 0) is 17.7 Å². The summed E-state index contributed by atoms with van der Waals surface area (Å²) in [5, 5.41) is 1.07. The maximum Gasteiger partial charge on any atom is 0.169 e. The number of fused-ring (bicyclic) bond motifs is 1. The van der Waals surface area contributed by atoms with Crippen molar-refractivity contribution < 1.29 is 9.53 Å². The average molecular weight is 362 g/mol. The third-order valence-electron chi connectivity index (χ3n) is 5.46. The molecule has 4 heteroatoms. The zero-order valence-corrected chi connectivity index (χ0v) is 15.9. The Hall–Kier alpha value is -2.43. The first-order valence-electron chi connectivity index (χ1n) is 9.69. The van der Waals surface area contributed by atoms with Crippen LogP contribution in [0.15, 0.2) is 54.6 Å². The van der Waals surface area contributed by atoms with Crippen LogP contribution in [0, 0.1) is 6.92 Å². The first-order chi connectivity index (χ1) is 13.2. The largest absolute Gasteiger partial charge is 0.379 e. The number of rotatable bonds is 6. The zero-order valence-electron chi connectivity index (χ0n) is 15.9. The summed E-state index contributed by atoms with van der Waals surface area (Å²) in [6, 6.07) is 18.3. The number of hydrogen-bond donors (Lipinski definition) is 0. The third-order valence-corrected chi connectivity index (χ3v) is 5.46. The number of para-hydroxylation sites is 1. The lowest BCUT2D eigenvalue weighted by Gasteiger charge is -2.27. The van der Waals surface area contributed by atoms with Gasteiger partial charge in [0, 0.05) is 54.8 Å². The molecule has 2 aromatic carbocycles. The molecule has 0 unspecified atom stereocenters. The Morgan fingerprint density at radius 3 is 2.44 bits per heavy atom. The summed E-state index contributed by atoms with van der Waals surface area (Å²) in [6.07, 6.45) is 0.444. The lowest BCUT2D eigenvalue weighted by Crippen LogP contribution is -2.38. The van der Waals surface area contributed by atoms with Gasteiger partial charge in [-0.1, -0.05) is 48.5 Å². The van der Waals surface area contributed by atoms with Crippen molar-refractivity contribution in [2.24, 2.45) is 0 Å². The molecule has 1 aromatic heterocycles. The highest BCUT2D eigenvalue weighted by molar-refractivity contribution is 6.10. The van der Waals surface area contributed by atoms with Crippen LogP contribution in [0.5, 0.6) is 0 Å². The maximum absolute atomic E-state index is 13.1. The Balaban J connectivity index is 1.62. The smallest absolute Gasteiger partial charge is 0.169 e. The number of hydrogen-bond acceptors (Lipinski definition) is 3. The monoisotopic (exact) mass is 362 g/mol. The number of carbonyl (C=O) groups excluding carboxylic acids is 1. The standard InChI is InChI=1S/C23H26N2O2/c1-18-23(22(26)17-19-7-3-2-4-8-19)20-9-5-6-10-21(20)25(18)12-11-24-13-15-27-16-14-24/h2-10H,11-17H2,1H3. The van der Waals surface area contributed by atoms with Gasteiger partial charge in [-0.05, 0) is 18.6 Å². The van der Waals surface area contributed by atoms with Crippen molar-refractivity contribution in [1.29, 1.82) is 0 Å². The Labute approximate surface area is 160 Å². The van der Waals surface area contributed by atoms with Gasteiger partial charge in [-0.25, -0.2) is 0 Å². The molecule has 3 aromatic rings. The lowest BCUT2D eigenvalue weighted by atomic mass is 10.0. The molecule has 140 valence electrons. The molecule has 1 aliphatic rings. The minimum atomic E-state index is 0.194. The molecule has 4 nitrogen and oxygen atoms in total. The number of carbonyl (C=O) groups is 1. The molecule has 0 bridgehead atoms. The highest BCUT2D eigenvalue weighted by Crippen LogP contribution is 2.27. The summed E-state index contributed by atoms with van der Waals surface area (Å²) < 4.78 is 7.75. The SMILES string of the molecule is Cc1c(C(=O)Cc2ccccc2)c2ccccc2n1CCN1CCOCC1. The van der Waals surface area contributed by atoms with E-state index in [2.05, 4.69) is 34.6 Å². The van der Waals surface area contributed by atoms with Gasteiger partial charge in [0.05, 0.1) is 13.2 Å². The van der Waals surface area contributed by atoms with E-state index in [0.717, 1.165) is 67.1 Å². The summed E-state index contributed by atoms with van der Waals surface area (Å²) in [5.74, 6) is 0.194. The summed E-state index contributed by atoms with van der Waals surface area (Å²) in [6.45, 7) is 7.55. The minimum absolute atomic E-state index is 0.194. The number of benzene rings is 2. The second-order valence-corrected chi connectivity index (χ2v) is 7.17. The molecule has 0 N–H and O–H groups in total. The van der Waals surface area contributed by atoms with Crippen LogP contribution in [0.1, 0.15) is 21.6 Å². The fourth-order valence-corrected chi connectivity index (χ4v) is 4.01. The van der Waals surface area contributed by atoms with Crippen LogP contribution in [-0.4, -0.2) is 48.1 Å². The number of ketones is 1. The van der Waals surface area contributed by atoms with E-state index in [1.54, 1.807) is 0 Å². The van der Waals surface area contributed by atoms with Crippen molar-refractivity contribution in [1.82, 2.24) is 9.47 Å². The van der Waals surface area contributed by atoms with Gasteiger partial charge < -0.3 is 9.30 Å². The number of nitrogens with zero attached hydrogens (tertiary/aromatic N) is 2. The van der Waals surface area contributed by atoms with E-state index in [9.17, 15) is 4.79 Å². The van der Waals surface area contributed by atoms with Crippen molar-refractivity contribution >= 4 is 16.7 Å². The molecule has 27 heavy (non-hydrogen) atoms. The van der Waals surface area contributed by atoms with Crippen molar-refractivity contribution in [3.63, 3.8) is 0 Å². The number of ether oxygens (including phenoxy) is 1. The number of morpholine rings is 1. The normalized spacial score (nSPS) is 15.3. The van der Waals surface area contributed by atoms with Crippen molar-refractivity contribution in [2.45, 2.75) is 19.9 Å². The molecule has 1 saturated heterocycles. The van der Waals surface area contributed by atoms with Gasteiger partial charge in [0.1, 0.15) is 0 Å². The molecule has 0 aliphatic carbocycles. The zero-order chi connectivity index (χ0) is 18.6. The van der Waals surface area contributed by atoms with E-state index in [4.69, 9.17) is 4.74 Å². The molecule has 4 rings (SSSR count). The van der Waals surface area contributed by atoms with Gasteiger partial charge >= 0.3 is 0 Å². The van der Waals surface area contributed by atoms with Crippen LogP contribution in [0.2, 0.25) is 0 Å². The average Bonchev–Trinajstić information content (AvgIpc) is 2.99. The number of aromatic nitrogens is 1. The van der Waals surface area contributed by atoms with Crippen LogP contribution in [0.25, 0.3) is 10.9 Å². The summed E-state index contributed by atoms with van der Waals surface area (Å²) >= 11 is 0. The molecule has 0 saturated carbocycles. The van der Waals surface area contributed by atoms with Crippen molar-refractivity contribution in [3.05, 3.63) is 71.4 Å². The van der Waals surface area contributed by atoms with Gasteiger partial charge in [-0.2, -0.15) is 0 Å². The predicted molar refractivity (Wildman–Crippen MR) is 108 cm³/mol. The molecule has 0 radical (unpaired) electrons. The molecule has 0 spiro atoms. The molecule has 1 aliphatic heterocycles. The molecule has 2 heterocycles. The van der Waals surface area contributed by atoms with Gasteiger partial charge in [-0.3, -0.25) is 9.69 Å². The van der Waals surface area contributed by atoms with E-state index in [1.165, 1.54) is 0 Å². The van der Waals surface area contributed by atoms with Gasteiger partial charge in [0.15, 0.2) is 5.78 Å². The molecule has 1 fully saturated rings. The van der Waals surface area contributed by atoms with Crippen LogP contribution >= 0.6 is 0 Å². The van der Waals surface area contributed by atoms with Crippen LogP contribution < -0.4 is 0 Å². The second-order valence-electron chi connectivity index (χ2n) is 7.17.